The van der Waals surface area contributed by atoms with Crippen LogP contribution in [0.4, 0.5) is 4.79 Å². The third-order valence-electron chi connectivity index (χ3n) is 4.96. The molecule has 3 rings (SSSR count). The Bertz CT molecular complexity index is 988. The van der Waals surface area contributed by atoms with Crippen molar-refractivity contribution in [2.24, 2.45) is 5.73 Å². The molecular weight excluding hydrogens is 412 g/mol. The van der Waals surface area contributed by atoms with Gasteiger partial charge in [0.15, 0.2) is 9.84 Å². The highest BCUT2D eigenvalue weighted by atomic mass is 35.5. The Hall–Kier alpha value is -2.09. The van der Waals surface area contributed by atoms with Gasteiger partial charge in [-0.1, -0.05) is 41.9 Å². The summed E-state index contributed by atoms with van der Waals surface area (Å²) in [6.45, 7) is 5.16. The van der Waals surface area contributed by atoms with E-state index in [2.05, 4.69) is 5.32 Å². The number of carbonyl (C=O) groups is 1. The quantitative estimate of drug-likeness (QED) is 0.747. The standard InChI is InChI=1S/C21H25ClN2O4S/c1-20(2,3)28-19(25)24-21(13-23)17(14-9-11-15(22)12-10-14)18(21)29(26,27)16-7-5-4-6-8-16/h4-12,17-18H,13,23H2,1-3H3,(H,24,25)/t17-,18-,21+/m0/s1. The molecule has 3 atom stereocenters. The van der Waals surface area contributed by atoms with Gasteiger partial charge in [0.25, 0.3) is 0 Å². The molecule has 8 heteroatoms. The zero-order chi connectivity index (χ0) is 21.4. The summed E-state index contributed by atoms with van der Waals surface area (Å²) in [6.07, 6.45) is -0.701. The molecule has 6 nitrogen and oxygen atoms in total. The fourth-order valence-corrected chi connectivity index (χ4v) is 6.19. The van der Waals surface area contributed by atoms with Gasteiger partial charge in [-0.15, -0.1) is 0 Å². The summed E-state index contributed by atoms with van der Waals surface area (Å²) >= 11 is 5.99. The van der Waals surface area contributed by atoms with Crippen LogP contribution in [0.25, 0.3) is 0 Å². The van der Waals surface area contributed by atoms with Crippen molar-refractivity contribution in [3.05, 3.63) is 65.2 Å². The maximum absolute atomic E-state index is 13.4. The first kappa shape index (κ1) is 21.6. The summed E-state index contributed by atoms with van der Waals surface area (Å²) in [5, 5.41) is 2.38. The molecule has 29 heavy (non-hydrogen) atoms. The van der Waals surface area contributed by atoms with E-state index in [-0.39, 0.29) is 11.4 Å². The number of carbonyl (C=O) groups excluding carboxylic acids is 1. The largest absolute Gasteiger partial charge is 0.444 e. The van der Waals surface area contributed by atoms with Crippen LogP contribution in [0, 0.1) is 0 Å². The van der Waals surface area contributed by atoms with E-state index in [1.54, 1.807) is 75.4 Å². The molecule has 1 aliphatic rings. The van der Waals surface area contributed by atoms with E-state index < -0.39 is 38.2 Å². The lowest BCUT2D eigenvalue weighted by atomic mass is 10.1. The molecule has 2 aromatic rings. The first-order chi connectivity index (χ1) is 13.5. The Morgan fingerprint density at radius 1 is 1.14 bits per heavy atom. The molecule has 1 fully saturated rings. The molecule has 2 aromatic carbocycles. The third-order valence-corrected chi connectivity index (χ3v) is 7.51. The molecule has 0 unspecified atom stereocenters. The maximum Gasteiger partial charge on any atom is 0.408 e. The maximum atomic E-state index is 13.4. The van der Waals surface area contributed by atoms with Crippen molar-refractivity contribution in [3.8, 4) is 0 Å². The number of alkyl carbamates (subject to hydrolysis) is 1. The molecule has 0 aliphatic heterocycles. The molecule has 156 valence electrons. The number of ether oxygens (including phenoxy) is 1. The molecule has 1 amide bonds. The number of nitrogens with two attached hydrogens (primary N) is 1. The first-order valence-electron chi connectivity index (χ1n) is 9.27. The lowest BCUT2D eigenvalue weighted by Gasteiger charge is -2.24. The predicted octanol–water partition coefficient (Wildman–Crippen LogP) is 3.50. The van der Waals surface area contributed by atoms with Gasteiger partial charge in [-0.05, 0) is 50.6 Å². The van der Waals surface area contributed by atoms with Crippen LogP contribution >= 0.6 is 11.6 Å². The minimum Gasteiger partial charge on any atom is -0.444 e. The average molecular weight is 437 g/mol. The highest BCUT2D eigenvalue weighted by Crippen LogP contribution is 2.57. The Labute approximate surface area is 176 Å². The highest BCUT2D eigenvalue weighted by Gasteiger charge is 2.71. The van der Waals surface area contributed by atoms with Gasteiger partial charge in [0.1, 0.15) is 10.9 Å². The Morgan fingerprint density at radius 3 is 2.24 bits per heavy atom. The van der Waals surface area contributed by atoms with Crippen LogP contribution in [-0.2, 0) is 14.6 Å². The molecule has 3 N–H and O–H groups in total. The molecule has 0 aromatic heterocycles. The number of benzene rings is 2. The van der Waals surface area contributed by atoms with E-state index in [1.165, 1.54) is 0 Å². The normalized spacial score (nSPS) is 24.0. The lowest BCUT2D eigenvalue weighted by Crippen LogP contribution is -2.49. The van der Waals surface area contributed by atoms with Crippen molar-refractivity contribution in [1.29, 1.82) is 0 Å². The predicted molar refractivity (Wildman–Crippen MR) is 113 cm³/mol. The van der Waals surface area contributed by atoms with E-state index in [9.17, 15) is 13.2 Å². The second-order valence-corrected chi connectivity index (χ2v) is 10.7. The lowest BCUT2D eigenvalue weighted by molar-refractivity contribution is 0.0497. The summed E-state index contributed by atoms with van der Waals surface area (Å²) in [5.41, 5.74) is 4.88. The topological polar surface area (TPSA) is 98.5 Å². The van der Waals surface area contributed by atoms with Crippen LogP contribution in [0.2, 0.25) is 5.02 Å². The van der Waals surface area contributed by atoms with Gasteiger partial charge in [0.05, 0.1) is 10.4 Å². The number of hydrogen-bond acceptors (Lipinski definition) is 5. The van der Waals surface area contributed by atoms with Gasteiger partial charge >= 0.3 is 6.09 Å². The van der Waals surface area contributed by atoms with Gasteiger partial charge in [0, 0.05) is 17.5 Å². The molecule has 1 saturated carbocycles. The van der Waals surface area contributed by atoms with E-state index in [4.69, 9.17) is 22.1 Å². The summed E-state index contributed by atoms with van der Waals surface area (Å²) in [6, 6.07) is 15.1. The molecular formula is C21H25ClN2O4S. The van der Waals surface area contributed by atoms with Gasteiger partial charge in [0.2, 0.25) is 0 Å². The van der Waals surface area contributed by atoms with Gasteiger partial charge < -0.3 is 15.8 Å². The Kier molecular flexibility index (Phi) is 5.69. The van der Waals surface area contributed by atoms with E-state index in [0.717, 1.165) is 5.56 Å². The minimum absolute atomic E-state index is 0.0593. The van der Waals surface area contributed by atoms with Crippen molar-refractivity contribution >= 4 is 27.5 Å². The van der Waals surface area contributed by atoms with Crippen LogP contribution in [-0.4, -0.2) is 37.4 Å². The SMILES string of the molecule is CC(C)(C)OC(=O)N[C@]1(CN)[C@@H](c2ccc(Cl)cc2)[C@@H]1S(=O)(=O)c1ccccc1. The van der Waals surface area contributed by atoms with Crippen molar-refractivity contribution in [3.63, 3.8) is 0 Å². The van der Waals surface area contributed by atoms with Gasteiger partial charge in [-0.2, -0.15) is 0 Å². The van der Waals surface area contributed by atoms with Crippen LogP contribution in [0.3, 0.4) is 0 Å². The van der Waals surface area contributed by atoms with E-state index in [0.29, 0.717) is 5.02 Å². The fraction of sp³-hybridized carbons (Fsp3) is 0.381. The summed E-state index contributed by atoms with van der Waals surface area (Å²) in [5.74, 6) is -0.525. The summed E-state index contributed by atoms with van der Waals surface area (Å²) < 4.78 is 32.2. The van der Waals surface area contributed by atoms with Gasteiger partial charge in [-0.25, -0.2) is 13.2 Å². The minimum atomic E-state index is -3.77. The number of rotatable bonds is 5. The highest BCUT2D eigenvalue weighted by molar-refractivity contribution is 7.92. The summed E-state index contributed by atoms with van der Waals surface area (Å²) in [4.78, 5) is 12.7. The zero-order valence-corrected chi connectivity index (χ0v) is 18.1. The van der Waals surface area contributed by atoms with Crippen LogP contribution in [0.1, 0.15) is 32.3 Å². The van der Waals surface area contributed by atoms with Crippen molar-refractivity contribution in [2.75, 3.05) is 6.54 Å². The van der Waals surface area contributed by atoms with Crippen LogP contribution in [0.15, 0.2) is 59.5 Å². The first-order valence-corrected chi connectivity index (χ1v) is 11.2. The summed E-state index contributed by atoms with van der Waals surface area (Å²) in [7, 11) is -3.77. The van der Waals surface area contributed by atoms with Crippen molar-refractivity contribution in [2.45, 2.75) is 48.0 Å². The smallest absolute Gasteiger partial charge is 0.408 e. The van der Waals surface area contributed by atoms with E-state index in [1.807, 2.05) is 0 Å². The number of hydrogen-bond donors (Lipinski definition) is 2. The zero-order valence-electron chi connectivity index (χ0n) is 16.6. The molecule has 0 heterocycles. The number of sulfone groups is 1. The van der Waals surface area contributed by atoms with Gasteiger partial charge in [-0.3, -0.25) is 0 Å². The second-order valence-electron chi connectivity index (χ2n) is 8.18. The van der Waals surface area contributed by atoms with Crippen molar-refractivity contribution in [1.82, 2.24) is 5.32 Å². The van der Waals surface area contributed by atoms with Crippen LogP contribution in [0.5, 0.6) is 0 Å². The molecule has 0 radical (unpaired) electrons. The number of nitrogens with one attached hydrogen (secondary N) is 1. The van der Waals surface area contributed by atoms with Crippen molar-refractivity contribution < 1.29 is 17.9 Å². The molecule has 0 saturated heterocycles. The fourth-order valence-electron chi connectivity index (χ4n) is 3.70. The monoisotopic (exact) mass is 436 g/mol. The Morgan fingerprint density at radius 2 is 1.72 bits per heavy atom. The Balaban J connectivity index is 2.03. The molecule has 0 spiro atoms. The molecule has 0 bridgehead atoms. The second kappa shape index (κ2) is 7.63. The van der Waals surface area contributed by atoms with E-state index >= 15 is 0 Å². The molecule has 1 aliphatic carbocycles. The van der Waals surface area contributed by atoms with Crippen LogP contribution < -0.4 is 11.1 Å². The average Bonchev–Trinajstić information content (AvgIpc) is 3.31. The number of halogens is 1. The number of amides is 1. The third kappa shape index (κ3) is 4.27.